The molecule has 3 aromatic heterocycles. The van der Waals surface area contributed by atoms with Crippen molar-refractivity contribution in [1.29, 1.82) is 0 Å². The van der Waals surface area contributed by atoms with E-state index in [0.29, 0.717) is 10.7 Å². The predicted octanol–water partition coefficient (Wildman–Crippen LogP) is 4.84. The van der Waals surface area contributed by atoms with Crippen molar-refractivity contribution in [3.8, 4) is 0 Å². The fourth-order valence-electron chi connectivity index (χ4n) is 3.77. The fourth-order valence-corrected chi connectivity index (χ4v) is 4.54. The highest BCUT2D eigenvalue weighted by Crippen LogP contribution is 2.29. The lowest BCUT2D eigenvalue weighted by Crippen LogP contribution is -2.14. The molecule has 0 amide bonds. The van der Waals surface area contributed by atoms with E-state index in [9.17, 15) is 4.79 Å². The number of fused-ring (bicyclic) bond motifs is 4. The van der Waals surface area contributed by atoms with Crippen molar-refractivity contribution in [3.05, 3.63) is 60.3 Å². The molecule has 0 saturated heterocycles. The van der Waals surface area contributed by atoms with Gasteiger partial charge in [-0.1, -0.05) is 48.2 Å². The summed E-state index contributed by atoms with van der Waals surface area (Å²) in [5.74, 6) is 0.0483. The van der Waals surface area contributed by atoms with Gasteiger partial charge in [-0.15, -0.1) is 10.2 Å². The Morgan fingerprint density at radius 2 is 1.86 bits per heavy atom. The summed E-state index contributed by atoms with van der Waals surface area (Å²) in [5, 5.41) is 10.9. The monoisotopic (exact) mass is 401 g/mol. The number of carbonyl (C=O) groups excluding carboxylic acids is 1. The summed E-state index contributed by atoms with van der Waals surface area (Å²) in [6.07, 6.45) is 1.78. The van der Waals surface area contributed by atoms with Gasteiger partial charge in [-0.2, -0.15) is 0 Å². The van der Waals surface area contributed by atoms with Gasteiger partial charge in [0, 0.05) is 34.6 Å². The molecule has 0 bridgehead atoms. The second kappa shape index (κ2) is 7.00. The molecule has 7 heteroatoms. The normalized spacial score (nSPS) is 12.8. The van der Waals surface area contributed by atoms with Crippen LogP contribution in [-0.2, 0) is 6.54 Å². The molecule has 0 aliphatic carbocycles. The maximum absolute atomic E-state index is 13.0. The first-order valence-corrected chi connectivity index (χ1v) is 10.4. The van der Waals surface area contributed by atoms with Crippen LogP contribution in [-0.4, -0.2) is 35.8 Å². The second-order valence-electron chi connectivity index (χ2n) is 6.90. The quantitative estimate of drug-likeness (QED) is 0.337. The minimum absolute atomic E-state index is 0.0483. The molecule has 1 N–H and O–H groups in total. The van der Waals surface area contributed by atoms with Crippen molar-refractivity contribution >= 4 is 50.5 Å². The van der Waals surface area contributed by atoms with E-state index in [0.717, 1.165) is 39.5 Å². The number of thioether (sulfide) groups is 1. The van der Waals surface area contributed by atoms with Crippen molar-refractivity contribution in [3.63, 3.8) is 0 Å². The van der Waals surface area contributed by atoms with Crippen molar-refractivity contribution in [1.82, 2.24) is 24.7 Å². The Bertz CT molecular complexity index is 1370. The molecule has 0 radical (unpaired) electrons. The van der Waals surface area contributed by atoms with Crippen molar-refractivity contribution < 1.29 is 4.79 Å². The number of benzene rings is 2. The van der Waals surface area contributed by atoms with E-state index >= 15 is 0 Å². The molecule has 0 fully saturated rings. The van der Waals surface area contributed by atoms with Gasteiger partial charge < -0.3 is 9.55 Å². The van der Waals surface area contributed by atoms with Crippen LogP contribution in [0.15, 0.2) is 59.9 Å². The Labute approximate surface area is 171 Å². The molecule has 0 spiro atoms. The SMILES string of the molecule is CCn1c2ccccc2c2nnc(S[C@H](C)C(=O)c3c[nH]c4ccccc34)nc21. The zero-order valence-electron chi connectivity index (χ0n) is 16.1. The Balaban J connectivity index is 1.49. The van der Waals surface area contributed by atoms with Crippen LogP contribution < -0.4 is 0 Å². The zero-order valence-corrected chi connectivity index (χ0v) is 16.9. The van der Waals surface area contributed by atoms with Gasteiger partial charge in [0.1, 0.15) is 5.52 Å². The molecule has 3 heterocycles. The average Bonchev–Trinajstić information content (AvgIpc) is 3.32. The number of H-pyrrole nitrogens is 1. The molecule has 1 atom stereocenters. The maximum atomic E-state index is 13.0. The minimum atomic E-state index is -0.326. The number of carbonyl (C=O) groups is 1. The van der Waals surface area contributed by atoms with E-state index in [4.69, 9.17) is 4.98 Å². The van der Waals surface area contributed by atoms with Gasteiger partial charge in [0.05, 0.1) is 10.8 Å². The topological polar surface area (TPSA) is 76.5 Å². The lowest BCUT2D eigenvalue weighted by atomic mass is 10.1. The van der Waals surface area contributed by atoms with Crippen molar-refractivity contribution in [2.45, 2.75) is 30.8 Å². The average molecular weight is 401 g/mol. The van der Waals surface area contributed by atoms with Crippen LogP contribution in [0.3, 0.4) is 0 Å². The number of Topliss-reactive ketones (excluding diaryl/α,β-unsaturated/α-hetero) is 1. The smallest absolute Gasteiger partial charge is 0.211 e. The van der Waals surface area contributed by atoms with Gasteiger partial charge in [-0.25, -0.2) is 4.98 Å². The lowest BCUT2D eigenvalue weighted by molar-refractivity contribution is 0.0995. The summed E-state index contributed by atoms with van der Waals surface area (Å²) >= 11 is 1.34. The largest absolute Gasteiger partial charge is 0.360 e. The summed E-state index contributed by atoms with van der Waals surface area (Å²) in [5.41, 5.74) is 4.34. The van der Waals surface area contributed by atoms with Crippen LogP contribution in [0.1, 0.15) is 24.2 Å². The first kappa shape index (κ1) is 17.9. The Morgan fingerprint density at radius 3 is 2.69 bits per heavy atom. The third kappa shape index (κ3) is 2.89. The zero-order chi connectivity index (χ0) is 20.0. The number of aryl methyl sites for hydroxylation is 1. The number of hydrogen-bond donors (Lipinski definition) is 1. The summed E-state index contributed by atoms with van der Waals surface area (Å²) in [6, 6.07) is 15.9. The Hall–Kier alpha value is -3.19. The van der Waals surface area contributed by atoms with Gasteiger partial charge in [0.15, 0.2) is 11.4 Å². The molecular weight excluding hydrogens is 382 g/mol. The van der Waals surface area contributed by atoms with Crippen LogP contribution in [0, 0.1) is 0 Å². The minimum Gasteiger partial charge on any atom is -0.360 e. The van der Waals surface area contributed by atoms with Gasteiger partial charge in [0.25, 0.3) is 0 Å². The predicted molar refractivity (Wildman–Crippen MR) is 116 cm³/mol. The molecule has 5 rings (SSSR count). The fraction of sp³-hybridized carbons (Fsp3) is 0.182. The molecule has 144 valence electrons. The third-order valence-electron chi connectivity index (χ3n) is 5.18. The number of nitrogens with zero attached hydrogens (tertiary/aromatic N) is 4. The molecule has 0 aliphatic rings. The molecule has 0 saturated carbocycles. The highest BCUT2D eigenvalue weighted by molar-refractivity contribution is 8.00. The number of hydrogen-bond acceptors (Lipinski definition) is 5. The molecule has 6 nitrogen and oxygen atoms in total. The Morgan fingerprint density at radius 1 is 1.10 bits per heavy atom. The maximum Gasteiger partial charge on any atom is 0.211 e. The van der Waals surface area contributed by atoms with Crippen molar-refractivity contribution in [2.75, 3.05) is 0 Å². The van der Waals surface area contributed by atoms with E-state index < -0.39 is 0 Å². The summed E-state index contributed by atoms with van der Waals surface area (Å²) in [6.45, 7) is 4.76. The molecule has 0 unspecified atom stereocenters. The molecule has 0 aliphatic heterocycles. The van der Waals surface area contributed by atoms with Crippen LogP contribution >= 0.6 is 11.8 Å². The summed E-state index contributed by atoms with van der Waals surface area (Å²) in [4.78, 5) is 20.9. The highest BCUT2D eigenvalue weighted by Gasteiger charge is 2.22. The van der Waals surface area contributed by atoms with Gasteiger partial charge >= 0.3 is 0 Å². The van der Waals surface area contributed by atoms with Gasteiger partial charge in [-0.05, 0) is 26.0 Å². The molecule has 5 aromatic rings. The standard InChI is InChI=1S/C22H19N5OS/c1-3-27-18-11-7-5-9-15(18)19-21(27)24-22(26-25-19)29-13(2)20(28)16-12-23-17-10-6-4-8-14(16)17/h4-13,23H,3H2,1-2H3/t13-/m1/s1. The number of rotatable bonds is 5. The van der Waals surface area contributed by atoms with E-state index in [2.05, 4.69) is 32.7 Å². The highest BCUT2D eigenvalue weighted by atomic mass is 32.2. The van der Waals surface area contributed by atoms with E-state index in [-0.39, 0.29) is 11.0 Å². The summed E-state index contributed by atoms with van der Waals surface area (Å²) in [7, 11) is 0. The number of nitrogens with one attached hydrogen (secondary N) is 1. The lowest BCUT2D eigenvalue weighted by Gasteiger charge is -2.08. The first-order valence-electron chi connectivity index (χ1n) is 9.56. The first-order chi connectivity index (χ1) is 14.2. The molecule has 2 aromatic carbocycles. The van der Waals surface area contributed by atoms with Crippen molar-refractivity contribution in [2.24, 2.45) is 0 Å². The molecule has 29 heavy (non-hydrogen) atoms. The third-order valence-corrected chi connectivity index (χ3v) is 6.13. The second-order valence-corrected chi connectivity index (χ2v) is 8.21. The van der Waals surface area contributed by atoms with Crippen LogP contribution in [0.25, 0.3) is 33.0 Å². The number of ketones is 1. The molecular formula is C22H19N5OS. The summed E-state index contributed by atoms with van der Waals surface area (Å²) < 4.78 is 2.13. The van der Waals surface area contributed by atoms with E-state index in [1.54, 1.807) is 6.20 Å². The van der Waals surface area contributed by atoms with Crippen LogP contribution in [0.2, 0.25) is 0 Å². The van der Waals surface area contributed by atoms with Crippen LogP contribution in [0.4, 0.5) is 0 Å². The van der Waals surface area contributed by atoms with Gasteiger partial charge in [0.2, 0.25) is 5.16 Å². The number of aromatic nitrogens is 5. The van der Waals surface area contributed by atoms with E-state index in [1.807, 2.05) is 49.4 Å². The van der Waals surface area contributed by atoms with Gasteiger partial charge in [-0.3, -0.25) is 4.79 Å². The number of para-hydroxylation sites is 2. The van der Waals surface area contributed by atoms with E-state index in [1.165, 1.54) is 11.8 Å². The van der Waals surface area contributed by atoms with Crippen LogP contribution in [0.5, 0.6) is 0 Å². The number of aromatic amines is 1. The Kier molecular flexibility index (Phi) is 4.32.